The minimum atomic E-state index is -0.256. The predicted molar refractivity (Wildman–Crippen MR) is 131 cm³/mol. The average molecular weight is 465 g/mol. The molecule has 2 N–H and O–H groups in total. The monoisotopic (exact) mass is 464 g/mol. The highest BCUT2D eigenvalue weighted by Gasteiger charge is 2.21. The van der Waals surface area contributed by atoms with E-state index < -0.39 is 0 Å². The molecule has 0 saturated carbocycles. The van der Waals surface area contributed by atoms with E-state index >= 15 is 0 Å². The van der Waals surface area contributed by atoms with Crippen molar-refractivity contribution in [3.05, 3.63) is 83.9 Å². The summed E-state index contributed by atoms with van der Waals surface area (Å²) in [5, 5.41) is 6.38. The summed E-state index contributed by atoms with van der Waals surface area (Å²) < 4.78 is 5.59. The second kappa shape index (κ2) is 10.7. The Balaban J connectivity index is 1.26. The van der Waals surface area contributed by atoms with E-state index in [1.165, 1.54) is 0 Å². The second-order valence-corrected chi connectivity index (χ2v) is 8.05. The summed E-state index contributed by atoms with van der Waals surface area (Å²) in [5.74, 6) is 0.245. The summed E-state index contributed by atoms with van der Waals surface area (Å²) in [7, 11) is 0. The highest BCUT2D eigenvalue weighted by Crippen LogP contribution is 2.22. The van der Waals surface area contributed by atoms with Crippen LogP contribution in [-0.4, -0.2) is 49.6 Å². The number of ether oxygens (including phenoxy) is 1. The molecule has 0 spiro atoms. The first-order valence-corrected chi connectivity index (χ1v) is 11.1. The van der Waals surface area contributed by atoms with Gasteiger partial charge in [0.25, 0.3) is 5.91 Å². The zero-order valence-electron chi connectivity index (χ0n) is 18.0. The smallest absolute Gasteiger partial charge is 0.321 e. The Bertz CT molecular complexity index is 1100. The predicted octanol–water partition coefficient (Wildman–Crippen LogP) is 4.71. The maximum absolute atomic E-state index is 12.7. The molecule has 1 aliphatic heterocycles. The molecule has 0 bridgehead atoms. The van der Waals surface area contributed by atoms with E-state index in [4.69, 9.17) is 16.3 Å². The third kappa shape index (κ3) is 6.40. The average Bonchev–Trinajstić information content (AvgIpc) is 2.84. The van der Waals surface area contributed by atoms with E-state index in [0.717, 1.165) is 18.8 Å². The third-order valence-corrected chi connectivity index (χ3v) is 5.49. The van der Waals surface area contributed by atoms with E-state index in [1.807, 2.05) is 54.6 Å². The molecule has 1 saturated heterocycles. The second-order valence-electron chi connectivity index (χ2n) is 7.61. The number of carbonyl (C=O) groups is 2. The first kappa shape index (κ1) is 22.5. The number of rotatable bonds is 6. The van der Waals surface area contributed by atoms with E-state index in [1.54, 1.807) is 29.2 Å². The lowest BCUT2D eigenvalue weighted by atomic mass is 10.2. The summed E-state index contributed by atoms with van der Waals surface area (Å²) in [6.45, 7) is 2.54. The van der Waals surface area contributed by atoms with Crippen LogP contribution < -0.4 is 20.3 Å². The van der Waals surface area contributed by atoms with Crippen LogP contribution in [0.4, 0.5) is 21.9 Å². The molecule has 170 valence electrons. The Morgan fingerprint density at radius 3 is 2.30 bits per heavy atom. The molecule has 0 aliphatic carbocycles. The van der Waals surface area contributed by atoms with Crippen molar-refractivity contribution >= 4 is 40.6 Å². The number of halogens is 1. The fourth-order valence-corrected chi connectivity index (χ4v) is 3.76. The van der Waals surface area contributed by atoms with Gasteiger partial charge in [-0.05, 0) is 42.5 Å². The maximum Gasteiger partial charge on any atom is 0.321 e. The van der Waals surface area contributed by atoms with Crippen LogP contribution >= 0.6 is 11.6 Å². The van der Waals surface area contributed by atoms with E-state index in [0.29, 0.717) is 35.2 Å². The highest BCUT2D eigenvalue weighted by molar-refractivity contribution is 6.30. The molecule has 33 heavy (non-hydrogen) atoms. The minimum absolute atomic E-state index is 0.127. The number of urea groups is 1. The van der Waals surface area contributed by atoms with Crippen LogP contribution in [0.5, 0.6) is 5.75 Å². The number of nitrogens with zero attached hydrogens (tertiary/aromatic N) is 2. The number of carbonyl (C=O) groups excluding carboxylic acids is 2. The van der Waals surface area contributed by atoms with Gasteiger partial charge in [0.15, 0.2) is 6.61 Å². The van der Waals surface area contributed by atoms with Crippen molar-refractivity contribution in [1.82, 2.24) is 4.90 Å². The SMILES string of the molecule is O=C(COc1cccc(NC(=O)N2CCN(c3cccc(Cl)c3)CC2)c1)Nc1ccccc1. The summed E-state index contributed by atoms with van der Waals surface area (Å²) >= 11 is 6.09. The van der Waals surface area contributed by atoms with Crippen LogP contribution in [0.1, 0.15) is 0 Å². The summed E-state index contributed by atoms with van der Waals surface area (Å²) in [5.41, 5.74) is 2.38. The number of nitrogens with one attached hydrogen (secondary N) is 2. The van der Waals surface area contributed by atoms with Crippen molar-refractivity contribution in [3.63, 3.8) is 0 Å². The molecule has 1 aliphatic rings. The molecular formula is C25H25ClN4O3. The molecule has 4 rings (SSSR count). The van der Waals surface area contributed by atoms with Gasteiger partial charge in [0.1, 0.15) is 5.75 Å². The van der Waals surface area contributed by atoms with E-state index in [-0.39, 0.29) is 18.5 Å². The fourth-order valence-electron chi connectivity index (χ4n) is 3.57. The maximum atomic E-state index is 12.7. The summed E-state index contributed by atoms with van der Waals surface area (Å²) in [6, 6.07) is 23.8. The lowest BCUT2D eigenvalue weighted by Crippen LogP contribution is -2.50. The number of para-hydroxylation sites is 1. The largest absolute Gasteiger partial charge is 0.484 e. The third-order valence-electron chi connectivity index (χ3n) is 5.25. The molecule has 0 aromatic heterocycles. The fraction of sp³-hybridized carbons (Fsp3) is 0.200. The van der Waals surface area contributed by atoms with Crippen LogP contribution in [0.25, 0.3) is 0 Å². The topological polar surface area (TPSA) is 73.9 Å². The summed E-state index contributed by atoms with van der Waals surface area (Å²) in [6.07, 6.45) is 0. The summed E-state index contributed by atoms with van der Waals surface area (Å²) in [4.78, 5) is 28.8. The van der Waals surface area contributed by atoms with Gasteiger partial charge < -0.3 is 25.2 Å². The number of benzene rings is 3. The van der Waals surface area contributed by atoms with Gasteiger partial charge in [-0.1, -0.05) is 41.9 Å². The van der Waals surface area contributed by atoms with Crippen molar-refractivity contribution in [1.29, 1.82) is 0 Å². The number of hydrogen-bond donors (Lipinski definition) is 2. The Morgan fingerprint density at radius 2 is 1.55 bits per heavy atom. The van der Waals surface area contributed by atoms with Crippen LogP contribution in [-0.2, 0) is 4.79 Å². The standard InChI is InChI=1S/C25H25ClN4O3/c26-19-6-4-10-22(16-19)29-12-14-30(15-13-29)25(32)28-21-9-5-11-23(17-21)33-18-24(31)27-20-7-2-1-3-8-20/h1-11,16-17H,12-15,18H2,(H,27,31)(H,28,32). The van der Waals surface area contributed by atoms with E-state index in [9.17, 15) is 9.59 Å². The Hall–Kier alpha value is -3.71. The Kier molecular flexibility index (Phi) is 7.32. The Labute approximate surface area is 197 Å². The first-order chi connectivity index (χ1) is 16.1. The molecule has 1 fully saturated rings. The lowest BCUT2D eigenvalue weighted by molar-refractivity contribution is -0.118. The molecule has 0 unspecified atom stereocenters. The highest BCUT2D eigenvalue weighted by atomic mass is 35.5. The number of amides is 3. The molecule has 1 heterocycles. The Morgan fingerprint density at radius 1 is 0.818 bits per heavy atom. The van der Waals surface area contributed by atoms with Gasteiger partial charge in [-0.2, -0.15) is 0 Å². The van der Waals surface area contributed by atoms with Gasteiger partial charge in [0, 0.05) is 54.3 Å². The number of hydrogen-bond acceptors (Lipinski definition) is 4. The lowest BCUT2D eigenvalue weighted by Gasteiger charge is -2.36. The minimum Gasteiger partial charge on any atom is -0.484 e. The van der Waals surface area contributed by atoms with Gasteiger partial charge in [-0.25, -0.2) is 4.79 Å². The quantitative estimate of drug-likeness (QED) is 0.554. The molecular weight excluding hydrogens is 440 g/mol. The van der Waals surface area contributed by atoms with Gasteiger partial charge >= 0.3 is 6.03 Å². The first-order valence-electron chi connectivity index (χ1n) is 10.7. The van der Waals surface area contributed by atoms with Crippen molar-refractivity contribution in [2.24, 2.45) is 0 Å². The normalized spacial score (nSPS) is 13.4. The van der Waals surface area contributed by atoms with Gasteiger partial charge in [0.2, 0.25) is 0 Å². The zero-order valence-corrected chi connectivity index (χ0v) is 18.8. The molecule has 0 radical (unpaired) electrons. The van der Waals surface area contributed by atoms with Gasteiger partial charge in [-0.15, -0.1) is 0 Å². The van der Waals surface area contributed by atoms with Gasteiger partial charge in [0.05, 0.1) is 0 Å². The van der Waals surface area contributed by atoms with Crippen LogP contribution in [0.15, 0.2) is 78.9 Å². The van der Waals surface area contributed by atoms with Gasteiger partial charge in [-0.3, -0.25) is 4.79 Å². The van der Waals surface area contributed by atoms with Crippen LogP contribution in [0.3, 0.4) is 0 Å². The molecule has 8 heteroatoms. The zero-order chi connectivity index (χ0) is 23.0. The van der Waals surface area contributed by atoms with E-state index in [2.05, 4.69) is 15.5 Å². The molecule has 3 aromatic rings. The molecule has 3 aromatic carbocycles. The van der Waals surface area contributed by atoms with Crippen molar-refractivity contribution in [3.8, 4) is 5.75 Å². The van der Waals surface area contributed by atoms with Crippen molar-refractivity contribution in [2.45, 2.75) is 0 Å². The number of piperazine rings is 1. The van der Waals surface area contributed by atoms with Crippen LogP contribution in [0, 0.1) is 0 Å². The molecule has 7 nitrogen and oxygen atoms in total. The number of anilines is 3. The van der Waals surface area contributed by atoms with Crippen LogP contribution in [0.2, 0.25) is 5.02 Å². The molecule has 3 amide bonds. The van der Waals surface area contributed by atoms with Crippen molar-refractivity contribution < 1.29 is 14.3 Å². The van der Waals surface area contributed by atoms with Crippen molar-refractivity contribution in [2.75, 3.05) is 48.3 Å². The molecule has 0 atom stereocenters.